The van der Waals surface area contributed by atoms with Crippen LogP contribution in [0.5, 0.6) is 5.75 Å². The fourth-order valence-corrected chi connectivity index (χ4v) is 2.83. The van der Waals surface area contributed by atoms with E-state index in [-0.39, 0.29) is 5.91 Å². The number of amides is 1. The van der Waals surface area contributed by atoms with Crippen LogP contribution in [0.3, 0.4) is 0 Å². The Bertz CT molecular complexity index is 474. The molecule has 0 aliphatic heterocycles. The first kappa shape index (κ1) is 15.8. The second-order valence-electron chi connectivity index (χ2n) is 5.56. The lowest BCUT2D eigenvalue weighted by Crippen LogP contribution is -2.31. The van der Waals surface area contributed by atoms with Crippen molar-refractivity contribution in [2.45, 2.75) is 45.1 Å². The van der Waals surface area contributed by atoms with Crippen molar-refractivity contribution in [2.75, 3.05) is 20.2 Å². The van der Waals surface area contributed by atoms with Gasteiger partial charge in [-0.15, -0.1) is 0 Å². The number of ether oxygens (including phenoxy) is 1. The van der Waals surface area contributed by atoms with Gasteiger partial charge < -0.3 is 15.4 Å². The summed E-state index contributed by atoms with van der Waals surface area (Å²) in [6, 6.07) is 6.65. The maximum atomic E-state index is 11.6. The molecule has 1 aromatic rings. The quantitative estimate of drug-likeness (QED) is 0.811. The first-order valence-corrected chi connectivity index (χ1v) is 7.91. The summed E-state index contributed by atoms with van der Waals surface area (Å²) in [6.07, 6.45) is 4.97. The second-order valence-corrected chi connectivity index (χ2v) is 5.56. The number of methoxy groups -OCH3 is 1. The fraction of sp³-hybridized carbons (Fsp3) is 0.588. The molecule has 0 heterocycles. The lowest BCUT2D eigenvalue weighted by molar-refractivity contribution is -0.121. The number of benzene rings is 1. The van der Waals surface area contributed by atoms with E-state index in [0.29, 0.717) is 12.5 Å². The van der Waals surface area contributed by atoms with Gasteiger partial charge in [0.1, 0.15) is 5.75 Å². The molecule has 1 aliphatic rings. The summed E-state index contributed by atoms with van der Waals surface area (Å²) in [7, 11) is 1.70. The minimum atomic E-state index is 0.131. The number of hydrogen-bond acceptors (Lipinski definition) is 3. The van der Waals surface area contributed by atoms with E-state index in [2.05, 4.69) is 29.7 Å². The van der Waals surface area contributed by atoms with Crippen molar-refractivity contribution >= 4 is 5.91 Å². The minimum Gasteiger partial charge on any atom is -0.497 e. The molecule has 2 rings (SSSR count). The summed E-state index contributed by atoms with van der Waals surface area (Å²) >= 11 is 0. The number of carbonyl (C=O) groups is 1. The molecule has 0 bridgehead atoms. The lowest BCUT2D eigenvalue weighted by atomic mass is 9.87. The molecule has 0 radical (unpaired) electrons. The molecule has 4 heteroatoms. The smallest absolute Gasteiger partial charge is 0.221 e. The molecular weight excluding hydrogens is 264 g/mol. The Morgan fingerprint density at radius 2 is 2.24 bits per heavy atom. The first-order valence-electron chi connectivity index (χ1n) is 7.91. The van der Waals surface area contributed by atoms with Gasteiger partial charge in [0.2, 0.25) is 5.91 Å². The van der Waals surface area contributed by atoms with E-state index in [4.69, 9.17) is 4.74 Å². The predicted molar refractivity (Wildman–Crippen MR) is 84.6 cm³/mol. The number of nitrogens with one attached hydrogen (secondary N) is 2. The van der Waals surface area contributed by atoms with Crippen LogP contribution in [-0.2, 0) is 11.2 Å². The van der Waals surface area contributed by atoms with Crippen LogP contribution in [0.1, 0.15) is 49.8 Å². The lowest BCUT2D eigenvalue weighted by Gasteiger charge is -2.27. The molecule has 0 fully saturated rings. The molecule has 0 saturated heterocycles. The van der Waals surface area contributed by atoms with Crippen LogP contribution in [0, 0.1) is 0 Å². The Morgan fingerprint density at radius 1 is 1.38 bits per heavy atom. The maximum absolute atomic E-state index is 11.6. The summed E-state index contributed by atoms with van der Waals surface area (Å²) in [5.74, 6) is 1.04. The number of aryl methyl sites for hydroxylation is 1. The van der Waals surface area contributed by atoms with Crippen molar-refractivity contribution in [3.63, 3.8) is 0 Å². The van der Waals surface area contributed by atoms with E-state index in [9.17, 15) is 4.79 Å². The van der Waals surface area contributed by atoms with Gasteiger partial charge in [0, 0.05) is 25.6 Å². The van der Waals surface area contributed by atoms with Gasteiger partial charge in [-0.2, -0.15) is 0 Å². The normalized spacial score (nSPS) is 17.1. The number of hydrogen-bond donors (Lipinski definition) is 2. The molecule has 1 unspecified atom stereocenters. The average Bonchev–Trinajstić information content (AvgIpc) is 2.52. The second kappa shape index (κ2) is 8.03. The van der Waals surface area contributed by atoms with E-state index in [1.54, 1.807) is 7.11 Å². The molecule has 1 amide bonds. The van der Waals surface area contributed by atoms with Crippen LogP contribution in [0.2, 0.25) is 0 Å². The molecule has 1 aromatic carbocycles. The van der Waals surface area contributed by atoms with Gasteiger partial charge in [-0.05, 0) is 48.9 Å². The first-order chi connectivity index (χ1) is 10.2. The number of rotatable bonds is 7. The largest absolute Gasteiger partial charge is 0.497 e. The SMILES string of the molecule is CCCNC(=O)CCNC1CCCc2ccc(OC)cc21. The van der Waals surface area contributed by atoms with Crippen molar-refractivity contribution in [3.8, 4) is 5.75 Å². The molecule has 0 saturated carbocycles. The third kappa shape index (κ3) is 4.46. The number of fused-ring (bicyclic) bond motifs is 1. The Labute approximate surface area is 127 Å². The van der Waals surface area contributed by atoms with Crippen LogP contribution in [0.15, 0.2) is 18.2 Å². The van der Waals surface area contributed by atoms with Gasteiger partial charge in [-0.25, -0.2) is 0 Å². The zero-order chi connectivity index (χ0) is 15.1. The average molecular weight is 290 g/mol. The standard InChI is InChI=1S/C17H26N2O2/c1-3-10-19-17(20)9-11-18-16-6-4-5-13-7-8-14(21-2)12-15(13)16/h7-8,12,16,18H,3-6,9-11H2,1-2H3,(H,19,20). The van der Waals surface area contributed by atoms with Crippen molar-refractivity contribution in [3.05, 3.63) is 29.3 Å². The van der Waals surface area contributed by atoms with Gasteiger partial charge in [0.05, 0.1) is 7.11 Å². The summed E-state index contributed by atoms with van der Waals surface area (Å²) in [5, 5.41) is 6.43. The van der Waals surface area contributed by atoms with Crippen LogP contribution >= 0.6 is 0 Å². The minimum absolute atomic E-state index is 0.131. The van der Waals surface area contributed by atoms with Crippen LogP contribution in [0.4, 0.5) is 0 Å². The summed E-state index contributed by atoms with van der Waals surface area (Å²) < 4.78 is 5.32. The van der Waals surface area contributed by atoms with E-state index >= 15 is 0 Å². The van der Waals surface area contributed by atoms with Gasteiger partial charge in [0.15, 0.2) is 0 Å². The highest BCUT2D eigenvalue weighted by Gasteiger charge is 2.20. The molecular formula is C17H26N2O2. The van der Waals surface area contributed by atoms with Gasteiger partial charge >= 0.3 is 0 Å². The van der Waals surface area contributed by atoms with Gasteiger partial charge in [-0.1, -0.05) is 13.0 Å². The third-order valence-electron chi connectivity index (χ3n) is 3.98. The molecule has 21 heavy (non-hydrogen) atoms. The highest BCUT2D eigenvalue weighted by molar-refractivity contribution is 5.76. The van der Waals surface area contributed by atoms with Crippen molar-refractivity contribution in [1.82, 2.24) is 10.6 Å². The Hall–Kier alpha value is -1.55. The highest BCUT2D eigenvalue weighted by atomic mass is 16.5. The van der Waals surface area contributed by atoms with Gasteiger partial charge in [-0.3, -0.25) is 4.79 Å². The van der Waals surface area contributed by atoms with Crippen LogP contribution in [0.25, 0.3) is 0 Å². The van der Waals surface area contributed by atoms with Crippen molar-refractivity contribution < 1.29 is 9.53 Å². The Kier molecular flexibility index (Phi) is 6.05. The third-order valence-corrected chi connectivity index (χ3v) is 3.98. The van der Waals surface area contributed by atoms with E-state index in [0.717, 1.165) is 38.1 Å². The monoisotopic (exact) mass is 290 g/mol. The van der Waals surface area contributed by atoms with Gasteiger partial charge in [0.25, 0.3) is 0 Å². The number of carbonyl (C=O) groups excluding carboxylic acids is 1. The highest BCUT2D eigenvalue weighted by Crippen LogP contribution is 2.32. The van der Waals surface area contributed by atoms with Crippen molar-refractivity contribution in [1.29, 1.82) is 0 Å². The van der Waals surface area contributed by atoms with E-state index in [1.165, 1.54) is 17.5 Å². The molecule has 4 nitrogen and oxygen atoms in total. The molecule has 1 atom stereocenters. The summed E-state index contributed by atoms with van der Waals surface area (Å²) in [6.45, 7) is 3.55. The molecule has 2 N–H and O–H groups in total. The van der Waals surface area contributed by atoms with E-state index in [1.807, 2.05) is 6.07 Å². The Morgan fingerprint density at radius 3 is 3.00 bits per heavy atom. The molecule has 1 aliphatic carbocycles. The topological polar surface area (TPSA) is 50.4 Å². The van der Waals surface area contributed by atoms with E-state index < -0.39 is 0 Å². The van der Waals surface area contributed by atoms with Crippen LogP contribution in [-0.4, -0.2) is 26.1 Å². The molecule has 0 aromatic heterocycles. The fourth-order valence-electron chi connectivity index (χ4n) is 2.83. The zero-order valence-corrected chi connectivity index (χ0v) is 13.1. The summed E-state index contributed by atoms with van der Waals surface area (Å²) in [4.78, 5) is 11.6. The predicted octanol–water partition coefficient (Wildman–Crippen LogP) is 2.58. The van der Waals surface area contributed by atoms with Crippen molar-refractivity contribution in [2.24, 2.45) is 0 Å². The molecule has 116 valence electrons. The maximum Gasteiger partial charge on any atom is 0.221 e. The zero-order valence-electron chi connectivity index (χ0n) is 13.1. The summed E-state index contributed by atoms with van der Waals surface area (Å²) in [5.41, 5.74) is 2.73. The Balaban J connectivity index is 1.89. The van der Waals surface area contributed by atoms with Crippen LogP contribution < -0.4 is 15.4 Å². The molecule has 0 spiro atoms.